The standard InChI is InChI=1S/C19H23N5O3/c1-13(25)23-15-2-4-16(5-3-15)27-19-18(21-8-9-22-19)14-6-10-24(11-7-14)12-17(20)26/h2-5,8-9,14H,6-7,10-12H2,1H3,(H2,20,26)(H,23,25). The predicted molar refractivity (Wildman–Crippen MR) is 100 cm³/mol. The largest absolute Gasteiger partial charge is 0.437 e. The lowest BCUT2D eigenvalue weighted by molar-refractivity contribution is -0.119. The number of carbonyl (C=O) groups excluding carboxylic acids is 2. The number of amides is 2. The van der Waals surface area contributed by atoms with E-state index in [1.54, 1.807) is 36.7 Å². The maximum Gasteiger partial charge on any atom is 0.241 e. The zero-order chi connectivity index (χ0) is 19.2. The second kappa shape index (κ2) is 8.59. The highest BCUT2D eigenvalue weighted by Crippen LogP contribution is 2.33. The molecule has 0 radical (unpaired) electrons. The van der Waals surface area contributed by atoms with Gasteiger partial charge in [0.25, 0.3) is 0 Å². The minimum absolute atomic E-state index is 0.123. The molecule has 2 heterocycles. The Morgan fingerprint density at radius 1 is 1.19 bits per heavy atom. The van der Waals surface area contributed by atoms with E-state index in [1.165, 1.54) is 6.92 Å². The average molecular weight is 369 g/mol. The van der Waals surface area contributed by atoms with Gasteiger partial charge >= 0.3 is 0 Å². The van der Waals surface area contributed by atoms with Gasteiger partial charge in [-0.25, -0.2) is 4.98 Å². The van der Waals surface area contributed by atoms with Crippen LogP contribution in [0, 0.1) is 0 Å². The molecule has 0 atom stereocenters. The number of primary amides is 1. The molecule has 8 heteroatoms. The third-order valence-corrected chi connectivity index (χ3v) is 4.43. The third-order valence-electron chi connectivity index (χ3n) is 4.43. The summed E-state index contributed by atoms with van der Waals surface area (Å²) in [6, 6.07) is 7.10. The summed E-state index contributed by atoms with van der Waals surface area (Å²) in [6.07, 6.45) is 5.00. The van der Waals surface area contributed by atoms with Crippen LogP contribution in [0.5, 0.6) is 11.6 Å². The number of nitrogens with two attached hydrogens (primary N) is 1. The molecule has 3 rings (SSSR count). The first-order valence-electron chi connectivity index (χ1n) is 8.88. The van der Waals surface area contributed by atoms with Gasteiger partial charge in [-0.3, -0.25) is 19.5 Å². The highest BCUT2D eigenvalue weighted by molar-refractivity contribution is 5.88. The zero-order valence-electron chi connectivity index (χ0n) is 15.2. The van der Waals surface area contributed by atoms with E-state index in [1.807, 2.05) is 0 Å². The number of ether oxygens (including phenoxy) is 1. The van der Waals surface area contributed by atoms with Crippen LogP contribution in [0.15, 0.2) is 36.7 Å². The molecule has 1 saturated heterocycles. The van der Waals surface area contributed by atoms with Crippen molar-refractivity contribution in [1.82, 2.24) is 14.9 Å². The molecule has 142 valence electrons. The van der Waals surface area contributed by atoms with Gasteiger partial charge in [-0.05, 0) is 50.2 Å². The van der Waals surface area contributed by atoms with Gasteiger partial charge in [-0.1, -0.05) is 0 Å². The van der Waals surface area contributed by atoms with Crippen molar-refractivity contribution in [3.05, 3.63) is 42.4 Å². The molecule has 2 amide bonds. The fraction of sp³-hybridized carbons (Fsp3) is 0.368. The van der Waals surface area contributed by atoms with Gasteiger partial charge in [0.2, 0.25) is 17.7 Å². The van der Waals surface area contributed by atoms with E-state index in [0.717, 1.165) is 31.6 Å². The fourth-order valence-corrected chi connectivity index (χ4v) is 3.20. The number of likely N-dealkylation sites (tertiary alicyclic amines) is 1. The first-order chi connectivity index (χ1) is 13.0. The summed E-state index contributed by atoms with van der Waals surface area (Å²) in [5.74, 6) is 0.897. The van der Waals surface area contributed by atoms with Crippen molar-refractivity contribution in [3.8, 4) is 11.6 Å². The number of carbonyl (C=O) groups is 2. The number of hydrogen-bond donors (Lipinski definition) is 2. The van der Waals surface area contributed by atoms with Gasteiger partial charge in [0.15, 0.2) is 0 Å². The van der Waals surface area contributed by atoms with E-state index in [-0.39, 0.29) is 24.3 Å². The topological polar surface area (TPSA) is 110 Å². The Kier molecular flexibility index (Phi) is 5.97. The van der Waals surface area contributed by atoms with E-state index in [0.29, 0.717) is 17.3 Å². The van der Waals surface area contributed by atoms with Crippen molar-refractivity contribution in [1.29, 1.82) is 0 Å². The number of nitrogens with zero attached hydrogens (tertiary/aromatic N) is 3. The summed E-state index contributed by atoms with van der Waals surface area (Å²) in [4.78, 5) is 33.1. The Labute approximate surface area is 157 Å². The second-order valence-corrected chi connectivity index (χ2v) is 6.57. The van der Waals surface area contributed by atoms with E-state index in [4.69, 9.17) is 10.5 Å². The Balaban J connectivity index is 1.68. The monoisotopic (exact) mass is 369 g/mol. The van der Waals surface area contributed by atoms with Crippen LogP contribution in [0.2, 0.25) is 0 Å². The van der Waals surface area contributed by atoms with E-state index < -0.39 is 0 Å². The molecular formula is C19H23N5O3. The number of anilines is 1. The van der Waals surface area contributed by atoms with Crippen LogP contribution in [0.25, 0.3) is 0 Å². The van der Waals surface area contributed by atoms with E-state index in [2.05, 4.69) is 20.2 Å². The fourth-order valence-electron chi connectivity index (χ4n) is 3.20. The van der Waals surface area contributed by atoms with Gasteiger partial charge in [-0.15, -0.1) is 0 Å². The highest BCUT2D eigenvalue weighted by Gasteiger charge is 2.25. The van der Waals surface area contributed by atoms with Crippen molar-refractivity contribution in [3.63, 3.8) is 0 Å². The van der Waals surface area contributed by atoms with Gasteiger partial charge in [0.1, 0.15) is 11.4 Å². The molecule has 1 aliphatic rings. The van der Waals surface area contributed by atoms with Crippen LogP contribution in [-0.4, -0.2) is 46.3 Å². The van der Waals surface area contributed by atoms with Crippen molar-refractivity contribution in [2.45, 2.75) is 25.7 Å². The molecule has 1 aromatic carbocycles. The SMILES string of the molecule is CC(=O)Nc1ccc(Oc2nccnc2C2CCN(CC(N)=O)CC2)cc1. The molecule has 1 aromatic heterocycles. The quantitative estimate of drug-likeness (QED) is 0.804. The summed E-state index contributed by atoms with van der Waals surface area (Å²) < 4.78 is 5.94. The van der Waals surface area contributed by atoms with E-state index in [9.17, 15) is 9.59 Å². The third kappa shape index (κ3) is 5.24. The number of hydrogen-bond acceptors (Lipinski definition) is 6. The molecule has 0 saturated carbocycles. The number of rotatable bonds is 6. The minimum atomic E-state index is -0.306. The molecule has 8 nitrogen and oxygen atoms in total. The predicted octanol–water partition coefficient (Wildman–Crippen LogP) is 1.89. The average Bonchev–Trinajstić information content (AvgIpc) is 2.64. The maximum atomic E-state index is 11.1. The summed E-state index contributed by atoms with van der Waals surface area (Å²) in [6.45, 7) is 3.33. The molecular weight excluding hydrogens is 346 g/mol. The lowest BCUT2D eigenvalue weighted by Gasteiger charge is -2.30. The Hall–Kier alpha value is -3.00. The Bertz CT molecular complexity index is 801. The summed E-state index contributed by atoms with van der Waals surface area (Å²) in [7, 11) is 0. The van der Waals surface area contributed by atoms with Crippen LogP contribution in [0.1, 0.15) is 31.4 Å². The van der Waals surface area contributed by atoms with Gasteiger partial charge < -0.3 is 15.8 Å². The zero-order valence-corrected chi connectivity index (χ0v) is 15.2. The lowest BCUT2D eigenvalue weighted by atomic mass is 9.93. The molecule has 0 spiro atoms. The summed E-state index contributed by atoms with van der Waals surface area (Å²) in [5.41, 5.74) is 6.80. The van der Waals surface area contributed by atoms with Gasteiger partial charge in [-0.2, -0.15) is 0 Å². The van der Waals surface area contributed by atoms with Gasteiger partial charge in [0.05, 0.1) is 6.54 Å². The summed E-state index contributed by atoms with van der Waals surface area (Å²) in [5, 5.41) is 2.72. The normalized spacial score (nSPS) is 15.3. The van der Waals surface area contributed by atoms with Crippen molar-refractivity contribution in [2.24, 2.45) is 5.73 Å². The Morgan fingerprint density at radius 2 is 1.85 bits per heavy atom. The number of benzene rings is 1. The van der Waals surface area contributed by atoms with Crippen LogP contribution in [0.3, 0.4) is 0 Å². The molecule has 3 N–H and O–H groups in total. The highest BCUT2D eigenvalue weighted by atomic mass is 16.5. The maximum absolute atomic E-state index is 11.1. The molecule has 2 aromatic rings. The van der Waals surface area contributed by atoms with Crippen LogP contribution >= 0.6 is 0 Å². The van der Waals surface area contributed by atoms with Crippen molar-refractivity contribution in [2.75, 3.05) is 25.0 Å². The number of nitrogens with one attached hydrogen (secondary N) is 1. The van der Waals surface area contributed by atoms with Gasteiger partial charge in [0, 0.05) is 30.9 Å². The molecule has 1 aliphatic heterocycles. The van der Waals surface area contributed by atoms with Crippen LogP contribution in [0.4, 0.5) is 5.69 Å². The van der Waals surface area contributed by atoms with Crippen LogP contribution in [-0.2, 0) is 9.59 Å². The van der Waals surface area contributed by atoms with E-state index >= 15 is 0 Å². The summed E-state index contributed by atoms with van der Waals surface area (Å²) >= 11 is 0. The first-order valence-corrected chi connectivity index (χ1v) is 8.88. The molecule has 0 unspecified atom stereocenters. The molecule has 0 bridgehead atoms. The molecule has 0 aliphatic carbocycles. The number of piperidine rings is 1. The first kappa shape index (κ1) is 18.8. The van der Waals surface area contributed by atoms with Crippen molar-refractivity contribution < 1.29 is 14.3 Å². The van der Waals surface area contributed by atoms with Crippen LogP contribution < -0.4 is 15.8 Å². The second-order valence-electron chi connectivity index (χ2n) is 6.57. The molecule has 1 fully saturated rings. The number of aromatic nitrogens is 2. The lowest BCUT2D eigenvalue weighted by Crippen LogP contribution is -2.39. The molecule has 27 heavy (non-hydrogen) atoms. The smallest absolute Gasteiger partial charge is 0.241 e. The Morgan fingerprint density at radius 3 is 2.48 bits per heavy atom. The minimum Gasteiger partial charge on any atom is -0.437 e. The van der Waals surface area contributed by atoms with Crippen molar-refractivity contribution >= 4 is 17.5 Å².